The Hall–Kier alpha value is -2.40. The molecule has 1 aromatic heterocycles. The highest BCUT2D eigenvalue weighted by Gasteiger charge is 2.11. The molecule has 0 aliphatic rings. The van der Waals surface area contributed by atoms with Crippen LogP contribution in [0.4, 0.5) is 5.69 Å². The van der Waals surface area contributed by atoms with E-state index in [0.29, 0.717) is 18.7 Å². The first-order valence-corrected chi connectivity index (χ1v) is 6.27. The van der Waals surface area contributed by atoms with Crippen LogP contribution < -0.4 is 10.7 Å². The molecule has 0 radical (unpaired) electrons. The summed E-state index contributed by atoms with van der Waals surface area (Å²) < 4.78 is 5.04. The monoisotopic (exact) mass is 272 g/mol. The summed E-state index contributed by atoms with van der Waals surface area (Å²) in [5.74, 6) is -0.420. The van der Waals surface area contributed by atoms with Gasteiger partial charge in [0.25, 0.3) is 5.91 Å². The first-order valence-electron chi connectivity index (χ1n) is 6.27. The van der Waals surface area contributed by atoms with E-state index in [0.717, 1.165) is 5.56 Å². The van der Waals surface area contributed by atoms with E-state index in [1.807, 2.05) is 18.2 Å². The Morgan fingerprint density at radius 1 is 1.30 bits per heavy atom. The van der Waals surface area contributed by atoms with Crippen molar-refractivity contribution in [2.75, 3.05) is 19.0 Å². The van der Waals surface area contributed by atoms with Crippen molar-refractivity contribution in [3.63, 3.8) is 0 Å². The number of hydrogen-bond acceptors (Lipinski definition) is 3. The van der Waals surface area contributed by atoms with Crippen LogP contribution in [0.2, 0.25) is 0 Å². The van der Waals surface area contributed by atoms with Crippen molar-refractivity contribution in [1.82, 2.24) is 4.98 Å². The van der Waals surface area contributed by atoms with Gasteiger partial charge in [-0.25, -0.2) is 0 Å². The minimum absolute atomic E-state index is 0.0917. The predicted octanol–water partition coefficient (Wildman–Crippen LogP) is 1.82. The van der Waals surface area contributed by atoms with E-state index in [4.69, 9.17) is 4.74 Å². The van der Waals surface area contributed by atoms with E-state index in [1.165, 1.54) is 18.5 Å². The summed E-state index contributed by atoms with van der Waals surface area (Å²) in [5.41, 5.74) is 1.44. The molecule has 0 bridgehead atoms. The summed E-state index contributed by atoms with van der Waals surface area (Å²) >= 11 is 0. The van der Waals surface area contributed by atoms with Gasteiger partial charge in [0.15, 0.2) is 5.43 Å². The van der Waals surface area contributed by atoms with Gasteiger partial charge < -0.3 is 15.0 Å². The van der Waals surface area contributed by atoms with Crippen LogP contribution in [-0.4, -0.2) is 24.6 Å². The maximum absolute atomic E-state index is 12.1. The number of pyridine rings is 1. The molecule has 0 atom stereocenters. The van der Waals surface area contributed by atoms with Crippen LogP contribution in [0, 0.1) is 0 Å². The van der Waals surface area contributed by atoms with Crippen molar-refractivity contribution in [2.45, 2.75) is 6.42 Å². The number of aromatic amines is 1. The molecule has 1 heterocycles. The predicted molar refractivity (Wildman–Crippen MR) is 77.0 cm³/mol. The highest BCUT2D eigenvalue weighted by Crippen LogP contribution is 2.16. The molecular weight excluding hydrogens is 256 g/mol. The molecule has 104 valence electrons. The number of methoxy groups -OCH3 is 1. The molecule has 1 aromatic carbocycles. The summed E-state index contributed by atoms with van der Waals surface area (Å²) in [5, 5.41) is 2.76. The zero-order valence-electron chi connectivity index (χ0n) is 11.2. The zero-order chi connectivity index (χ0) is 14.4. The summed E-state index contributed by atoms with van der Waals surface area (Å²) in [4.78, 5) is 26.4. The van der Waals surface area contributed by atoms with E-state index in [-0.39, 0.29) is 11.0 Å². The molecule has 0 aliphatic heterocycles. The van der Waals surface area contributed by atoms with Crippen LogP contribution in [0.5, 0.6) is 0 Å². The fourth-order valence-electron chi connectivity index (χ4n) is 1.86. The molecule has 2 aromatic rings. The lowest BCUT2D eigenvalue weighted by Gasteiger charge is -2.10. The second kappa shape index (κ2) is 6.68. The number of H-pyrrole nitrogens is 1. The third-order valence-electron chi connectivity index (χ3n) is 2.91. The maximum atomic E-state index is 12.1. The number of anilines is 1. The average molecular weight is 272 g/mol. The third-order valence-corrected chi connectivity index (χ3v) is 2.91. The van der Waals surface area contributed by atoms with Gasteiger partial charge in [-0.3, -0.25) is 9.59 Å². The number of benzene rings is 1. The van der Waals surface area contributed by atoms with Crippen LogP contribution in [0.25, 0.3) is 0 Å². The largest absolute Gasteiger partial charge is 0.384 e. The van der Waals surface area contributed by atoms with Gasteiger partial charge in [0.05, 0.1) is 6.61 Å². The number of hydrogen-bond donors (Lipinski definition) is 2. The average Bonchev–Trinajstić information content (AvgIpc) is 2.46. The first-order chi connectivity index (χ1) is 9.72. The van der Waals surface area contributed by atoms with Crippen molar-refractivity contribution in [2.24, 2.45) is 0 Å². The quantitative estimate of drug-likeness (QED) is 0.872. The molecule has 5 nitrogen and oxygen atoms in total. The Bertz CT molecular complexity index is 649. The van der Waals surface area contributed by atoms with Crippen LogP contribution in [0.1, 0.15) is 15.9 Å². The van der Waals surface area contributed by atoms with Crippen molar-refractivity contribution in [1.29, 1.82) is 0 Å². The molecule has 2 N–H and O–H groups in total. The van der Waals surface area contributed by atoms with Gasteiger partial charge in [-0.1, -0.05) is 18.2 Å². The number of para-hydroxylation sites is 1. The molecule has 0 fully saturated rings. The molecule has 0 saturated heterocycles. The summed E-state index contributed by atoms with van der Waals surface area (Å²) in [7, 11) is 1.63. The number of aromatic nitrogens is 1. The van der Waals surface area contributed by atoms with Gasteiger partial charge in [-0.15, -0.1) is 0 Å². The van der Waals surface area contributed by atoms with Gasteiger partial charge in [0.1, 0.15) is 5.56 Å². The number of carbonyl (C=O) groups is 1. The highest BCUT2D eigenvalue weighted by molar-refractivity contribution is 6.04. The standard InChI is InChI=1S/C15H16N2O3/c1-20-9-7-11-4-2-3-5-13(11)17-15(19)12-10-16-8-6-14(12)18/h2-6,8,10H,7,9H2,1H3,(H,16,18)(H,17,19). The second-order valence-electron chi connectivity index (χ2n) is 4.28. The summed E-state index contributed by atoms with van der Waals surface area (Å²) in [6.45, 7) is 0.568. The van der Waals surface area contributed by atoms with Crippen molar-refractivity contribution < 1.29 is 9.53 Å². The van der Waals surface area contributed by atoms with E-state index >= 15 is 0 Å². The van der Waals surface area contributed by atoms with Crippen molar-refractivity contribution in [3.8, 4) is 0 Å². The van der Waals surface area contributed by atoms with Crippen LogP contribution in [0.3, 0.4) is 0 Å². The van der Waals surface area contributed by atoms with E-state index in [2.05, 4.69) is 10.3 Å². The Balaban J connectivity index is 2.20. The molecule has 1 amide bonds. The lowest BCUT2D eigenvalue weighted by Crippen LogP contribution is -2.21. The Labute approximate surface area is 116 Å². The molecule has 2 rings (SSSR count). The Kier molecular flexibility index (Phi) is 4.68. The molecule has 0 saturated carbocycles. The minimum atomic E-state index is -0.420. The second-order valence-corrected chi connectivity index (χ2v) is 4.28. The van der Waals surface area contributed by atoms with Crippen LogP contribution in [-0.2, 0) is 11.2 Å². The lowest BCUT2D eigenvalue weighted by molar-refractivity contribution is 0.102. The third kappa shape index (κ3) is 3.33. The van der Waals surface area contributed by atoms with E-state index < -0.39 is 5.91 Å². The lowest BCUT2D eigenvalue weighted by atomic mass is 10.1. The number of nitrogens with one attached hydrogen (secondary N) is 2. The van der Waals surface area contributed by atoms with Crippen molar-refractivity contribution >= 4 is 11.6 Å². The van der Waals surface area contributed by atoms with Gasteiger partial charge in [0.2, 0.25) is 0 Å². The molecule has 0 spiro atoms. The topological polar surface area (TPSA) is 71.2 Å². The molecule has 0 aliphatic carbocycles. The van der Waals surface area contributed by atoms with Crippen LogP contribution in [0.15, 0.2) is 47.5 Å². The maximum Gasteiger partial charge on any atom is 0.261 e. The Morgan fingerprint density at radius 3 is 2.85 bits per heavy atom. The minimum Gasteiger partial charge on any atom is -0.384 e. The normalized spacial score (nSPS) is 10.2. The van der Waals surface area contributed by atoms with Crippen molar-refractivity contribution in [3.05, 3.63) is 64.1 Å². The molecular formula is C15H16N2O3. The van der Waals surface area contributed by atoms with Gasteiger partial charge in [0, 0.05) is 31.3 Å². The number of amides is 1. The summed E-state index contributed by atoms with van der Waals surface area (Å²) in [6.07, 6.45) is 3.58. The van der Waals surface area contributed by atoms with Crippen LogP contribution >= 0.6 is 0 Å². The number of carbonyl (C=O) groups excluding carboxylic acids is 1. The Morgan fingerprint density at radius 2 is 2.10 bits per heavy atom. The summed E-state index contributed by atoms with van der Waals surface area (Å²) in [6, 6.07) is 8.78. The SMILES string of the molecule is COCCc1ccccc1NC(=O)c1c[nH]ccc1=O. The smallest absolute Gasteiger partial charge is 0.261 e. The molecule has 5 heteroatoms. The molecule has 0 unspecified atom stereocenters. The fourth-order valence-corrected chi connectivity index (χ4v) is 1.86. The van der Waals surface area contributed by atoms with Gasteiger partial charge in [-0.05, 0) is 18.1 Å². The molecule has 20 heavy (non-hydrogen) atoms. The van der Waals surface area contributed by atoms with Gasteiger partial charge >= 0.3 is 0 Å². The number of ether oxygens (including phenoxy) is 1. The number of rotatable bonds is 5. The van der Waals surface area contributed by atoms with E-state index in [1.54, 1.807) is 13.2 Å². The highest BCUT2D eigenvalue weighted by atomic mass is 16.5. The fraction of sp³-hybridized carbons (Fsp3) is 0.200. The van der Waals surface area contributed by atoms with E-state index in [9.17, 15) is 9.59 Å². The first kappa shape index (κ1) is 14.0. The zero-order valence-corrected chi connectivity index (χ0v) is 11.2. The van der Waals surface area contributed by atoms with Gasteiger partial charge in [-0.2, -0.15) is 0 Å².